The number of aromatic nitrogens is 2. The predicted octanol–water partition coefficient (Wildman–Crippen LogP) is 5.47. The van der Waals surface area contributed by atoms with Crippen LogP contribution in [0.3, 0.4) is 0 Å². The highest BCUT2D eigenvalue weighted by Gasteiger charge is 2.18. The Hall–Kier alpha value is -5.56. The molecule has 47 heavy (non-hydrogen) atoms. The van der Waals surface area contributed by atoms with E-state index < -0.39 is 41.0 Å². The molecule has 13 heteroatoms. The summed E-state index contributed by atoms with van der Waals surface area (Å²) in [7, 11) is 0. The highest BCUT2D eigenvalue weighted by molar-refractivity contribution is 6.04. The van der Waals surface area contributed by atoms with Crippen molar-refractivity contribution in [3.63, 3.8) is 0 Å². The third kappa shape index (κ3) is 7.82. The number of hydrogen-bond acceptors (Lipinski definition) is 5. The van der Waals surface area contributed by atoms with Crippen molar-refractivity contribution in [1.82, 2.24) is 25.3 Å². The van der Waals surface area contributed by atoms with E-state index in [2.05, 4.69) is 26.3 Å². The first kappa shape index (κ1) is 32.8. The van der Waals surface area contributed by atoms with Crippen LogP contribution in [0.1, 0.15) is 50.1 Å². The molecule has 0 unspecified atom stereocenters. The molecule has 0 atom stereocenters. The van der Waals surface area contributed by atoms with Crippen LogP contribution in [0.2, 0.25) is 0 Å². The van der Waals surface area contributed by atoms with Crippen molar-refractivity contribution in [2.24, 2.45) is 0 Å². The lowest BCUT2D eigenvalue weighted by atomic mass is 10.0. The van der Waals surface area contributed by atoms with Gasteiger partial charge in [-0.2, -0.15) is 0 Å². The normalized spacial score (nSPS) is 11.0. The highest BCUT2D eigenvalue weighted by atomic mass is 19.2. The van der Waals surface area contributed by atoms with Crippen LogP contribution in [0.15, 0.2) is 79.1 Å². The van der Waals surface area contributed by atoms with E-state index in [9.17, 15) is 31.9 Å². The molecule has 0 bridgehead atoms. The number of nitrogens with one attached hydrogen (secondary N) is 4. The molecule has 3 aromatic carbocycles. The highest BCUT2D eigenvalue weighted by Crippen LogP contribution is 2.25. The van der Waals surface area contributed by atoms with Crippen LogP contribution in [0.4, 0.5) is 23.2 Å². The van der Waals surface area contributed by atoms with Crippen LogP contribution in [-0.2, 0) is 6.54 Å². The van der Waals surface area contributed by atoms with Gasteiger partial charge in [0, 0.05) is 24.8 Å². The lowest BCUT2D eigenvalue weighted by molar-refractivity contribution is 0.0941. The Morgan fingerprint density at radius 2 is 1.53 bits per heavy atom. The van der Waals surface area contributed by atoms with Crippen molar-refractivity contribution in [3.05, 3.63) is 125 Å². The Bertz CT molecular complexity index is 1960. The third-order valence-electron chi connectivity index (χ3n) is 7.27. The number of halogens is 4. The first-order chi connectivity index (χ1) is 22.6. The van der Waals surface area contributed by atoms with E-state index in [-0.39, 0.29) is 29.1 Å². The van der Waals surface area contributed by atoms with Gasteiger partial charge in [-0.25, -0.2) is 22.5 Å². The molecule has 4 N–H and O–H groups in total. The van der Waals surface area contributed by atoms with Gasteiger partial charge < -0.3 is 21.3 Å². The van der Waals surface area contributed by atoms with Gasteiger partial charge >= 0.3 is 0 Å². The zero-order valence-corrected chi connectivity index (χ0v) is 25.2. The molecule has 0 aliphatic heterocycles. The number of benzene rings is 3. The van der Waals surface area contributed by atoms with Crippen molar-refractivity contribution in [2.45, 2.75) is 19.9 Å². The SMILES string of the molecule is CCNCCCNC(=O)c1ccc(-c2ccn3c(C(=O)Nc4cc(C(=O)NCc5ccc(F)c(F)c5)ccc4F)cnc3c2)cc1F. The smallest absolute Gasteiger partial charge is 0.274 e. The monoisotopic (exact) mass is 646 g/mol. The summed E-state index contributed by atoms with van der Waals surface area (Å²) in [5.74, 6) is -5.39. The number of imidazole rings is 1. The number of amides is 3. The van der Waals surface area contributed by atoms with E-state index in [0.717, 1.165) is 37.4 Å². The van der Waals surface area contributed by atoms with E-state index in [1.165, 1.54) is 34.9 Å². The van der Waals surface area contributed by atoms with Gasteiger partial charge in [-0.15, -0.1) is 0 Å². The molecular weight excluding hydrogens is 616 g/mol. The molecular formula is C34H30F4N6O3. The Labute approximate surface area is 267 Å². The van der Waals surface area contributed by atoms with Crippen molar-refractivity contribution in [1.29, 1.82) is 0 Å². The number of carbonyl (C=O) groups excluding carboxylic acids is 3. The minimum Gasteiger partial charge on any atom is -0.352 e. The molecule has 3 amide bonds. The molecule has 0 aliphatic carbocycles. The fourth-order valence-electron chi connectivity index (χ4n) is 4.78. The van der Waals surface area contributed by atoms with Crippen molar-refractivity contribution in [3.8, 4) is 11.1 Å². The maximum atomic E-state index is 14.9. The van der Waals surface area contributed by atoms with Crippen LogP contribution in [0, 0.1) is 23.3 Å². The van der Waals surface area contributed by atoms with Crippen LogP contribution in [0.5, 0.6) is 0 Å². The molecule has 0 aliphatic rings. The topological polar surface area (TPSA) is 117 Å². The number of hydrogen-bond donors (Lipinski definition) is 4. The largest absolute Gasteiger partial charge is 0.352 e. The molecule has 0 spiro atoms. The summed E-state index contributed by atoms with van der Waals surface area (Å²) in [5.41, 5.74) is 1.48. The average Bonchev–Trinajstić information content (AvgIpc) is 3.49. The molecule has 242 valence electrons. The van der Waals surface area contributed by atoms with E-state index in [1.54, 1.807) is 24.4 Å². The van der Waals surface area contributed by atoms with Gasteiger partial charge in [0.2, 0.25) is 0 Å². The summed E-state index contributed by atoms with van der Waals surface area (Å²) in [6.07, 6.45) is 3.55. The summed E-state index contributed by atoms with van der Waals surface area (Å²) < 4.78 is 57.6. The standard InChI is InChI=1S/C34H30F4N6O3/c1-2-39-11-3-12-40-33(46)24-7-5-21(15-27(24)37)22-10-13-44-30(19-41-31(44)17-22)34(47)43-29-16-23(6-9-26(29)36)32(45)42-18-20-4-8-25(35)28(38)14-20/h4-10,13-17,19,39H,2-3,11-12,18H2,1H3,(H,40,46)(H,42,45)(H,43,47). The van der Waals surface area contributed by atoms with E-state index >= 15 is 0 Å². The summed E-state index contributed by atoms with van der Waals surface area (Å²) in [5, 5.41) is 10.8. The number of fused-ring (bicyclic) bond motifs is 1. The van der Waals surface area contributed by atoms with Gasteiger partial charge in [0.05, 0.1) is 17.4 Å². The quantitative estimate of drug-likeness (QED) is 0.106. The Morgan fingerprint density at radius 3 is 2.30 bits per heavy atom. The van der Waals surface area contributed by atoms with Crippen LogP contribution < -0.4 is 21.3 Å². The second-order valence-corrected chi connectivity index (χ2v) is 10.5. The molecule has 0 radical (unpaired) electrons. The molecule has 5 rings (SSSR count). The average molecular weight is 647 g/mol. The van der Waals surface area contributed by atoms with E-state index in [4.69, 9.17) is 0 Å². The number of carbonyl (C=O) groups is 3. The minimum absolute atomic E-state index is 0.0204. The lowest BCUT2D eigenvalue weighted by Crippen LogP contribution is -2.28. The summed E-state index contributed by atoms with van der Waals surface area (Å²) >= 11 is 0. The Kier molecular flexibility index (Phi) is 10.3. The molecule has 0 fully saturated rings. The first-order valence-corrected chi connectivity index (χ1v) is 14.7. The predicted molar refractivity (Wildman–Crippen MR) is 168 cm³/mol. The Morgan fingerprint density at radius 1 is 0.745 bits per heavy atom. The summed E-state index contributed by atoms with van der Waals surface area (Å²) in [4.78, 5) is 42.4. The van der Waals surface area contributed by atoms with Crippen molar-refractivity contribution in [2.75, 3.05) is 25.0 Å². The van der Waals surface area contributed by atoms with Gasteiger partial charge in [0.15, 0.2) is 11.6 Å². The number of nitrogens with zero attached hydrogens (tertiary/aromatic N) is 2. The van der Waals surface area contributed by atoms with Crippen molar-refractivity contribution >= 4 is 29.1 Å². The zero-order chi connectivity index (χ0) is 33.5. The molecule has 0 saturated carbocycles. The van der Waals surface area contributed by atoms with Gasteiger partial charge in [0.25, 0.3) is 17.7 Å². The maximum Gasteiger partial charge on any atom is 0.274 e. The fourth-order valence-corrected chi connectivity index (χ4v) is 4.78. The van der Waals surface area contributed by atoms with E-state index in [1.807, 2.05) is 6.92 Å². The molecule has 0 saturated heterocycles. The molecule has 2 aromatic heterocycles. The Balaban J connectivity index is 1.25. The third-order valence-corrected chi connectivity index (χ3v) is 7.27. The zero-order valence-electron chi connectivity index (χ0n) is 25.2. The second-order valence-electron chi connectivity index (χ2n) is 10.5. The van der Waals surface area contributed by atoms with Gasteiger partial charge in [-0.05, 0) is 90.8 Å². The summed E-state index contributed by atoms with van der Waals surface area (Å²) in [6.45, 7) is 3.86. The maximum absolute atomic E-state index is 14.9. The van der Waals surface area contributed by atoms with Crippen LogP contribution in [-0.4, -0.2) is 46.7 Å². The lowest BCUT2D eigenvalue weighted by Gasteiger charge is -2.10. The fraction of sp³-hybridized carbons (Fsp3) is 0.176. The van der Waals surface area contributed by atoms with Crippen molar-refractivity contribution < 1.29 is 31.9 Å². The first-order valence-electron chi connectivity index (χ1n) is 14.7. The van der Waals surface area contributed by atoms with Gasteiger partial charge in [0.1, 0.15) is 23.0 Å². The molecule has 2 heterocycles. The number of pyridine rings is 1. The molecule has 5 aromatic rings. The molecule has 9 nitrogen and oxygen atoms in total. The number of anilines is 1. The van der Waals surface area contributed by atoms with Gasteiger partial charge in [-0.3, -0.25) is 18.8 Å². The summed E-state index contributed by atoms with van der Waals surface area (Å²) in [6, 6.07) is 14.1. The minimum atomic E-state index is -1.05. The second kappa shape index (κ2) is 14.7. The van der Waals surface area contributed by atoms with E-state index in [0.29, 0.717) is 35.3 Å². The van der Waals surface area contributed by atoms with Crippen LogP contribution in [0.25, 0.3) is 16.8 Å². The van der Waals surface area contributed by atoms with Gasteiger partial charge in [-0.1, -0.05) is 19.1 Å². The van der Waals surface area contributed by atoms with Crippen LogP contribution >= 0.6 is 0 Å². The number of rotatable bonds is 12.